The molecule has 104 valence electrons. The minimum Gasteiger partial charge on any atom is -0.337 e. The molecule has 1 aromatic rings. The minimum atomic E-state index is -0.128. The van der Waals surface area contributed by atoms with Crippen LogP contribution in [0.3, 0.4) is 0 Å². The third-order valence-corrected chi connectivity index (χ3v) is 3.78. The van der Waals surface area contributed by atoms with E-state index in [0.717, 1.165) is 17.8 Å². The lowest BCUT2D eigenvalue weighted by Crippen LogP contribution is -2.33. The van der Waals surface area contributed by atoms with E-state index >= 15 is 0 Å². The van der Waals surface area contributed by atoms with Crippen molar-refractivity contribution >= 4 is 11.7 Å². The second kappa shape index (κ2) is 6.06. The normalized spacial score (nSPS) is 15.9. The Labute approximate surface area is 114 Å². The Morgan fingerprint density at radius 1 is 1.42 bits per heavy atom. The zero-order chi connectivity index (χ0) is 13.7. The van der Waals surface area contributed by atoms with E-state index in [1.54, 1.807) is 0 Å². The summed E-state index contributed by atoms with van der Waals surface area (Å²) in [7, 11) is 0. The fraction of sp³-hybridized carbons (Fsp3) is 0.533. The van der Waals surface area contributed by atoms with Crippen molar-refractivity contribution in [3.8, 4) is 0 Å². The number of benzene rings is 1. The van der Waals surface area contributed by atoms with Gasteiger partial charge in [0.05, 0.1) is 0 Å². The average Bonchev–Trinajstić information content (AvgIpc) is 3.17. The van der Waals surface area contributed by atoms with E-state index in [0.29, 0.717) is 12.0 Å². The molecular weight excluding hydrogens is 238 g/mol. The Balaban J connectivity index is 1.81. The van der Waals surface area contributed by atoms with Crippen LogP contribution in [0.15, 0.2) is 24.3 Å². The van der Waals surface area contributed by atoms with E-state index in [1.807, 2.05) is 24.3 Å². The first-order valence-corrected chi connectivity index (χ1v) is 7.01. The number of nitrogens with one attached hydrogen (secondary N) is 2. The van der Waals surface area contributed by atoms with Gasteiger partial charge < -0.3 is 16.4 Å². The molecule has 19 heavy (non-hydrogen) atoms. The van der Waals surface area contributed by atoms with Gasteiger partial charge in [-0.3, -0.25) is 0 Å². The predicted octanol–water partition coefficient (Wildman–Crippen LogP) is 2.85. The summed E-state index contributed by atoms with van der Waals surface area (Å²) in [5.74, 6) is 0. The molecule has 0 unspecified atom stereocenters. The van der Waals surface area contributed by atoms with Gasteiger partial charge in [0.15, 0.2) is 0 Å². The highest BCUT2D eigenvalue weighted by Crippen LogP contribution is 2.48. The Morgan fingerprint density at radius 3 is 2.84 bits per heavy atom. The topological polar surface area (TPSA) is 67.2 Å². The number of nitrogens with two attached hydrogens (primary N) is 1. The Hall–Kier alpha value is -1.55. The van der Waals surface area contributed by atoms with E-state index in [9.17, 15) is 4.79 Å². The summed E-state index contributed by atoms with van der Waals surface area (Å²) in [5, 5.41) is 5.83. The van der Waals surface area contributed by atoms with Gasteiger partial charge in [0.2, 0.25) is 0 Å². The van der Waals surface area contributed by atoms with Crippen LogP contribution in [0.2, 0.25) is 0 Å². The molecule has 0 spiro atoms. The van der Waals surface area contributed by atoms with Crippen LogP contribution < -0.4 is 16.4 Å². The SMILES string of the molecule is CCCC1(CNC(=O)Nc2cccc(CN)c2)CC1. The molecule has 1 aliphatic rings. The molecule has 0 aromatic heterocycles. The first-order valence-electron chi connectivity index (χ1n) is 7.01. The van der Waals surface area contributed by atoms with Crippen molar-refractivity contribution < 1.29 is 4.79 Å². The number of hydrogen-bond donors (Lipinski definition) is 3. The molecule has 0 saturated heterocycles. The second-order valence-corrected chi connectivity index (χ2v) is 5.46. The molecule has 0 atom stereocenters. The van der Waals surface area contributed by atoms with E-state index < -0.39 is 0 Å². The summed E-state index contributed by atoms with van der Waals surface area (Å²) in [6, 6.07) is 7.49. The standard InChI is InChI=1S/C15H23N3O/c1-2-6-15(7-8-15)11-17-14(19)18-13-5-3-4-12(9-13)10-16/h3-5,9H,2,6-8,10-11,16H2,1H3,(H2,17,18,19). The van der Waals surface area contributed by atoms with Gasteiger partial charge in [-0.25, -0.2) is 4.79 Å². The summed E-state index contributed by atoms with van der Waals surface area (Å²) in [4.78, 5) is 11.8. The molecule has 4 N–H and O–H groups in total. The Bertz CT molecular complexity index is 441. The maximum absolute atomic E-state index is 11.8. The summed E-state index contributed by atoms with van der Waals surface area (Å²) in [6.45, 7) is 3.46. The number of rotatable bonds is 6. The second-order valence-electron chi connectivity index (χ2n) is 5.46. The average molecular weight is 261 g/mol. The molecular formula is C15H23N3O. The summed E-state index contributed by atoms with van der Waals surface area (Å²) in [6.07, 6.45) is 4.87. The molecule has 0 aliphatic heterocycles. The Kier molecular flexibility index (Phi) is 4.43. The number of hydrogen-bond acceptors (Lipinski definition) is 2. The van der Waals surface area contributed by atoms with Crippen molar-refractivity contribution in [1.82, 2.24) is 5.32 Å². The highest BCUT2D eigenvalue weighted by molar-refractivity contribution is 5.89. The van der Waals surface area contributed by atoms with Crippen molar-refractivity contribution in [2.45, 2.75) is 39.2 Å². The van der Waals surface area contributed by atoms with Gasteiger partial charge in [-0.15, -0.1) is 0 Å². The van der Waals surface area contributed by atoms with Crippen LogP contribution in [-0.4, -0.2) is 12.6 Å². The van der Waals surface area contributed by atoms with Crippen LogP contribution in [0.5, 0.6) is 0 Å². The molecule has 0 heterocycles. The molecule has 1 aliphatic carbocycles. The molecule has 0 bridgehead atoms. The first kappa shape index (κ1) is 13.9. The number of anilines is 1. The molecule has 4 heteroatoms. The molecule has 0 radical (unpaired) electrons. The quantitative estimate of drug-likeness (QED) is 0.737. The fourth-order valence-corrected chi connectivity index (χ4v) is 2.44. The smallest absolute Gasteiger partial charge is 0.319 e. The zero-order valence-electron chi connectivity index (χ0n) is 11.5. The van der Waals surface area contributed by atoms with Gasteiger partial charge in [0.25, 0.3) is 0 Å². The van der Waals surface area contributed by atoms with Crippen LogP contribution in [-0.2, 0) is 6.54 Å². The monoisotopic (exact) mass is 261 g/mol. The molecule has 1 fully saturated rings. The van der Waals surface area contributed by atoms with E-state index in [1.165, 1.54) is 25.7 Å². The number of carbonyl (C=O) groups is 1. The lowest BCUT2D eigenvalue weighted by molar-refractivity contribution is 0.249. The predicted molar refractivity (Wildman–Crippen MR) is 77.9 cm³/mol. The van der Waals surface area contributed by atoms with E-state index in [-0.39, 0.29) is 6.03 Å². The van der Waals surface area contributed by atoms with Crippen LogP contribution in [0.4, 0.5) is 10.5 Å². The molecule has 2 rings (SSSR count). The van der Waals surface area contributed by atoms with Gasteiger partial charge in [0.1, 0.15) is 0 Å². The Morgan fingerprint density at radius 2 is 2.21 bits per heavy atom. The number of carbonyl (C=O) groups excluding carboxylic acids is 1. The van der Waals surface area contributed by atoms with Crippen molar-refractivity contribution in [3.05, 3.63) is 29.8 Å². The van der Waals surface area contributed by atoms with Crippen LogP contribution in [0.1, 0.15) is 38.2 Å². The van der Waals surface area contributed by atoms with Crippen molar-refractivity contribution in [1.29, 1.82) is 0 Å². The first-order chi connectivity index (χ1) is 9.17. The lowest BCUT2D eigenvalue weighted by atomic mass is 10.0. The van der Waals surface area contributed by atoms with Gasteiger partial charge in [-0.1, -0.05) is 25.5 Å². The van der Waals surface area contributed by atoms with Gasteiger partial charge in [0, 0.05) is 18.8 Å². The largest absolute Gasteiger partial charge is 0.337 e. The highest BCUT2D eigenvalue weighted by Gasteiger charge is 2.41. The third kappa shape index (κ3) is 3.96. The van der Waals surface area contributed by atoms with Crippen molar-refractivity contribution in [3.63, 3.8) is 0 Å². The highest BCUT2D eigenvalue weighted by atomic mass is 16.2. The summed E-state index contributed by atoms with van der Waals surface area (Å²) < 4.78 is 0. The van der Waals surface area contributed by atoms with Crippen molar-refractivity contribution in [2.24, 2.45) is 11.1 Å². The fourth-order valence-electron chi connectivity index (χ4n) is 2.44. The van der Waals surface area contributed by atoms with Gasteiger partial charge in [-0.2, -0.15) is 0 Å². The lowest BCUT2D eigenvalue weighted by Gasteiger charge is -2.15. The summed E-state index contributed by atoms with van der Waals surface area (Å²) >= 11 is 0. The molecule has 4 nitrogen and oxygen atoms in total. The molecule has 2 amide bonds. The van der Waals surface area contributed by atoms with Crippen LogP contribution in [0, 0.1) is 5.41 Å². The minimum absolute atomic E-state index is 0.128. The summed E-state index contributed by atoms with van der Waals surface area (Å²) in [5.41, 5.74) is 7.77. The van der Waals surface area contributed by atoms with E-state index in [4.69, 9.17) is 5.73 Å². The van der Waals surface area contributed by atoms with Crippen LogP contribution in [0.25, 0.3) is 0 Å². The van der Waals surface area contributed by atoms with Gasteiger partial charge >= 0.3 is 6.03 Å². The van der Waals surface area contributed by atoms with Crippen molar-refractivity contribution in [2.75, 3.05) is 11.9 Å². The van der Waals surface area contributed by atoms with E-state index in [2.05, 4.69) is 17.6 Å². The zero-order valence-corrected chi connectivity index (χ0v) is 11.5. The number of urea groups is 1. The van der Waals surface area contributed by atoms with Crippen LogP contribution >= 0.6 is 0 Å². The molecule has 1 saturated carbocycles. The maximum Gasteiger partial charge on any atom is 0.319 e. The third-order valence-electron chi connectivity index (χ3n) is 3.78. The number of amides is 2. The van der Waals surface area contributed by atoms with Gasteiger partial charge in [-0.05, 0) is 42.4 Å². The maximum atomic E-state index is 11.8. The molecule has 1 aromatic carbocycles.